The van der Waals surface area contributed by atoms with Gasteiger partial charge in [-0.25, -0.2) is 0 Å². The van der Waals surface area contributed by atoms with Crippen molar-refractivity contribution in [2.45, 2.75) is 33.2 Å². The van der Waals surface area contributed by atoms with Crippen molar-refractivity contribution < 1.29 is 4.92 Å². The van der Waals surface area contributed by atoms with Crippen LogP contribution in [-0.4, -0.2) is 17.5 Å². The number of benzene rings is 1. The van der Waals surface area contributed by atoms with Gasteiger partial charge in [0.2, 0.25) is 0 Å². The van der Waals surface area contributed by atoms with Crippen LogP contribution in [0, 0.1) is 16.0 Å². The lowest BCUT2D eigenvalue weighted by Crippen LogP contribution is -2.32. The van der Waals surface area contributed by atoms with E-state index in [0.29, 0.717) is 12.0 Å². The van der Waals surface area contributed by atoms with Crippen molar-refractivity contribution in [2.24, 2.45) is 5.92 Å². The standard InChI is InChI=1S/C13H19BrN2O2/c1-4-15-10(3)9(2)7-11-5-6-12(16(17)18)8-13(11)14/h5-6,8-10,15H,4,7H2,1-3H3. The van der Waals surface area contributed by atoms with E-state index in [4.69, 9.17) is 0 Å². The second kappa shape index (κ2) is 6.85. The van der Waals surface area contributed by atoms with Gasteiger partial charge in [0.05, 0.1) is 4.92 Å². The number of hydrogen-bond donors (Lipinski definition) is 1. The van der Waals surface area contributed by atoms with E-state index in [1.165, 1.54) is 0 Å². The molecule has 0 aromatic heterocycles. The van der Waals surface area contributed by atoms with Crippen LogP contribution in [-0.2, 0) is 6.42 Å². The predicted octanol–water partition coefficient (Wildman–Crippen LogP) is 3.53. The van der Waals surface area contributed by atoms with Crippen molar-refractivity contribution in [3.63, 3.8) is 0 Å². The maximum atomic E-state index is 10.7. The van der Waals surface area contributed by atoms with Crippen LogP contribution in [0.25, 0.3) is 0 Å². The van der Waals surface area contributed by atoms with Crippen molar-refractivity contribution in [1.82, 2.24) is 5.32 Å². The van der Waals surface area contributed by atoms with E-state index in [2.05, 4.69) is 42.0 Å². The lowest BCUT2D eigenvalue weighted by atomic mass is 9.95. The molecule has 5 heteroatoms. The number of nitrogens with one attached hydrogen (secondary N) is 1. The molecular weight excluding hydrogens is 296 g/mol. The van der Waals surface area contributed by atoms with E-state index in [1.54, 1.807) is 12.1 Å². The van der Waals surface area contributed by atoms with E-state index < -0.39 is 0 Å². The highest BCUT2D eigenvalue weighted by Gasteiger charge is 2.15. The topological polar surface area (TPSA) is 55.2 Å². The first kappa shape index (κ1) is 15.1. The monoisotopic (exact) mass is 314 g/mol. The lowest BCUT2D eigenvalue weighted by Gasteiger charge is -2.21. The first-order valence-corrected chi connectivity index (χ1v) is 6.91. The SMILES string of the molecule is CCNC(C)C(C)Cc1ccc([N+](=O)[O-])cc1Br. The second-order valence-electron chi connectivity index (χ2n) is 4.56. The molecule has 0 saturated heterocycles. The summed E-state index contributed by atoms with van der Waals surface area (Å²) in [6, 6.07) is 5.39. The molecule has 0 aliphatic heterocycles. The van der Waals surface area contributed by atoms with E-state index in [1.807, 2.05) is 6.07 Å². The van der Waals surface area contributed by atoms with Gasteiger partial charge in [0, 0.05) is 22.6 Å². The summed E-state index contributed by atoms with van der Waals surface area (Å²) in [4.78, 5) is 10.3. The Bertz CT molecular complexity index is 423. The molecule has 0 radical (unpaired) electrons. The zero-order valence-corrected chi connectivity index (χ0v) is 12.5. The molecule has 100 valence electrons. The molecule has 0 amide bonds. The molecule has 0 saturated carbocycles. The fourth-order valence-electron chi connectivity index (χ4n) is 1.86. The maximum Gasteiger partial charge on any atom is 0.270 e. The fourth-order valence-corrected chi connectivity index (χ4v) is 2.39. The van der Waals surface area contributed by atoms with Crippen LogP contribution in [0.4, 0.5) is 5.69 Å². The van der Waals surface area contributed by atoms with E-state index in [-0.39, 0.29) is 10.6 Å². The van der Waals surface area contributed by atoms with Crippen LogP contribution in [0.15, 0.2) is 22.7 Å². The molecule has 4 nitrogen and oxygen atoms in total. The minimum absolute atomic E-state index is 0.123. The third-order valence-corrected chi connectivity index (χ3v) is 3.91. The smallest absolute Gasteiger partial charge is 0.270 e. The van der Waals surface area contributed by atoms with E-state index in [0.717, 1.165) is 23.0 Å². The van der Waals surface area contributed by atoms with Gasteiger partial charge in [0.15, 0.2) is 0 Å². The van der Waals surface area contributed by atoms with Crippen LogP contribution in [0.1, 0.15) is 26.3 Å². The third kappa shape index (κ3) is 4.07. The Morgan fingerprint density at radius 2 is 2.11 bits per heavy atom. The van der Waals surface area contributed by atoms with Gasteiger partial charge < -0.3 is 5.32 Å². The molecule has 1 aromatic carbocycles. The van der Waals surface area contributed by atoms with Gasteiger partial charge in [0.25, 0.3) is 5.69 Å². The highest BCUT2D eigenvalue weighted by atomic mass is 79.9. The van der Waals surface area contributed by atoms with Gasteiger partial charge in [-0.2, -0.15) is 0 Å². The van der Waals surface area contributed by atoms with Crippen molar-refractivity contribution in [2.75, 3.05) is 6.54 Å². The molecule has 1 aromatic rings. The number of halogens is 1. The molecule has 0 aliphatic rings. The largest absolute Gasteiger partial charge is 0.314 e. The molecular formula is C13H19BrN2O2. The van der Waals surface area contributed by atoms with Gasteiger partial charge >= 0.3 is 0 Å². The average Bonchev–Trinajstić information content (AvgIpc) is 2.31. The quantitative estimate of drug-likeness (QED) is 0.645. The summed E-state index contributed by atoms with van der Waals surface area (Å²) < 4.78 is 0.812. The number of hydrogen-bond acceptors (Lipinski definition) is 3. The molecule has 0 spiro atoms. The minimum Gasteiger partial charge on any atom is -0.314 e. The molecule has 0 bridgehead atoms. The van der Waals surface area contributed by atoms with E-state index in [9.17, 15) is 10.1 Å². The normalized spacial score (nSPS) is 14.2. The molecule has 18 heavy (non-hydrogen) atoms. The summed E-state index contributed by atoms with van der Waals surface area (Å²) in [7, 11) is 0. The van der Waals surface area contributed by atoms with Crippen LogP contribution >= 0.6 is 15.9 Å². The summed E-state index contributed by atoms with van der Waals surface area (Å²) in [5.41, 5.74) is 1.23. The van der Waals surface area contributed by atoms with Crippen molar-refractivity contribution in [3.8, 4) is 0 Å². The number of rotatable bonds is 6. The molecule has 2 unspecified atom stereocenters. The third-order valence-electron chi connectivity index (χ3n) is 3.17. The van der Waals surface area contributed by atoms with Gasteiger partial charge in [-0.3, -0.25) is 10.1 Å². The minimum atomic E-state index is -0.376. The van der Waals surface area contributed by atoms with Crippen molar-refractivity contribution in [1.29, 1.82) is 0 Å². The zero-order valence-electron chi connectivity index (χ0n) is 10.9. The predicted molar refractivity (Wildman–Crippen MR) is 76.8 cm³/mol. The summed E-state index contributed by atoms with van der Waals surface area (Å²) >= 11 is 3.41. The summed E-state index contributed by atoms with van der Waals surface area (Å²) in [6.45, 7) is 7.38. The molecule has 0 fully saturated rings. The van der Waals surface area contributed by atoms with Gasteiger partial charge in [-0.15, -0.1) is 0 Å². The van der Waals surface area contributed by atoms with Crippen LogP contribution in [0.5, 0.6) is 0 Å². The number of non-ortho nitro benzene ring substituents is 1. The van der Waals surface area contributed by atoms with Crippen LogP contribution in [0.2, 0.25) is 0 Å². The van der Waals surface area contributed by atoms with E-state index >= 15 is 0 Å². The number of nitro groups is 1. The van der Waals surface area contributed by atoms with Gasteiger partial charge in [-0.1, -0.05) is 35.8 Å². The second-order valence-corrected chi connectivity index (χ2v) is 5.41. The first-order valence-electron chi connectivity index (χ1n) is 6.11. The number of nitrogens with zero attached hydrogens (tertiary/aromatic N) is 1. The summed E-state index contributed by atoms with van der Waals surface area (Å²) in [6.07, 6.45) is 0.896. The maximum absolute atomic E-state index is 10.7. The van der Waals surface area contributed by atoms with Crippen LogP contribution < -0.4 is 5.32 Å². The summed E-state index contributed by atoms with van der Waals surface area (Å²) in [5.74, 6) is 0.475. The van der Waals surface area contributed by atoms with Gasteiger partial charge in [0.1, 0.15) is 0 Å². The average molecular weight is 315 g/mol. The first-order chi connectivity index (χ1) is 8.45. The highest BCUT2D eigenvalue weighted by molar-refractivity contribution is 9.10. The van der Waals surface area contributed by atoms with Gasteiger partial charge in [-0.05, 0) is 31.4 Å². The van der Waals surface area contributed by atoms with Crippen LogP contribution in [0.3, 0.4) is 0 Å². The highest BCUT2D eigenvalue weighted by Crippen LogP contribution is 2.25. The zero-order chi connectivity index (χ0) is 13.7. The molecule has 1 N–H and O–H groups in total. The summed E-state index contributed by atoms with van der Waals surface area (Å²) in [5, 5.41) is 14.0. The Balaban J connectivity index is 2.76. The molecule has 0 aliphatic carbocycles. The lowest BCUT2D eigenvalue weighted by molar-refractivity contribution is -0.384. The Kier molecular flexibility index (Phi) is 5.75. The van der Waals surface area contributed by atoms with Crippen molar-refractivity contribution >= 4 is 21.6 Å². The fraction of sp³-hybridized carbons (Fsp3) is 0.538. The molecule has 2 atom stereocenters. The van der Waals surface area contributed by atoms with Crippen molar-refractivity contribution in [3.05, 3.63) is 38.3 Å². The Hall–Kier alpha value is -0.940. The molecule has 0 heterocycles. The Morgan fingerprint density at radius 1 is 1.44 bits per heavy atom. The number of nitro benzene ring substituents is 1. The Labute approximate surface area is 116 Å². The molecule has 1 rings (SSSR count). The Morgan fingerprint density at radius 3 is 2.61 bits per heavy atom.